The van der Waals surface area contributed by atoms with E-state index in [-0.39, 0.29) is 11.0 Å². The van der Waals surface area contributed by atoms with Crippen LogP contribution in [0.25, 0.3) is 0 Å². The van der Waals surface area contributed by atoms with Gasteiger partial charge in [0.1, 0.15) is 0 Å². The van der Waals surface area contributed by atoms with E-state index in [4.69, 9.17) is 10.5 Å². The first-order valence-electron chi connectivity index (χ1n) is 6.85. The van der Waals surface area contributed by atoms with E-state index >= 15 is 0 Å². The first-order valence-corrected chi connectivity index (χ1v) is 8.29. The van der Waals surface area contributed by atoms with E-state index in [0.29, 0.717) is 12.2 Å². The van der Waals surface area contributed by atoms with E-state index in [9.17, 15) is 8.42 Å². The summed E-state index contributed by atoms with van der Waals surface area (Å²) < 4.78 is 32.0. The lowest BCUT2D eigenvalue weighted by molar-refractivity contribution is 0.00859. The van der Waals surface area contributed by atoms with Gasteiger partial charge in [0, 0.05) is 25.9 Å². The Bertz CT molecular complexity index is 546. The first-order chi connectivity index (χ1) is 9.39. The van der Waals surface area contributed by atoms with Crippen molar-refractivity contribution < 1.29 is 13.2 Å². The predicted molar refractivity (Wildman–Crippen MR) is 79.0 cm³/mol. The number of aryl methyl sites for hydroxylation is 1. The molecule has 1 aromatic carbocycles. The maximum absolute atomic E-state index is 12.5. The number of rotatable bonds is 4. The van der Waals surface area contributed by atoms with Gasteiger partial charge in [-0.25, -0.2) is 8.42 Å². The Hall–Kier alpha value is -1.11. The summed E-state index contributed by atoms with van der Waals surface area (Å²) in [5, 5.41) is 0. The van der Waals surface area contributed by atoms with Crippen molar-refractivity contribution in [3.05, 3.63) is 23.8 Å². The standard InChI is InChI=1S/C14H22N2O3S/c1-11-7-12(15)9-14(8-11)20(17,18)16(2)10-13-5-3-4-6-19-13/h7-9,13H,3-6,10,15H2,1-2H3. The van der Waals surface area contributed by atoms with Crippen molar-refractivity contribution in [1.29, 1.82) is 0 Å². The van der Waals surface area contributed by atoms with Gasteiger partial charge in [-0.15, -0.1) is 0 Å². The number of hydrogen-bond donors (Lipinski definition) is 1. The number of ether oxygens (including phenoxy) is 1. The number of nitrogens with zero attached hydrogens (tertiary/aromatic N) is 1. The maximum atomic E-state index is 12.5. The quantitative estimate of drug-likeness (QED) is 0.860. The zero-order valence-corrected chi connectivity index (χ0v) is 12.8. The zero-order chi connectivity index (χ0) is 14.8. The van der Waals surface area contributed by atoms with Crippen LogP contribution in [-0.4, -0.2) is 39.0 Å². The van der Waals surface area contributed by atoms with Crippen LogP contribution in [0.5, 0.6) is 0 Å². The Morgan fingerprint density at radius 1 is 1.35 bits per heavy atom. The smallest absolute Gasteiger partial charge is 0.242 e. The second kappa shape index (κ2) is 6.11. The largest absolute Gasteiger partial charge is 0.399 e. The monoisotopic (exact) mass is 298 g/mol. The number of hydrogen-bond acceptors (Lipinski definition) is 4. The number of anilines is 1. The number of nitrogens with two attached hydrogens (primary N) is 1. The molecule has 1 fully saturated rings. The summed E-state index contributed by atoms with van der Waals surface area (Å²) in [5.41, 5.74) is 7.04. The molecule has 1 aliphatic heterocycles. The third kappa shape index (κ3) is 3.50. The van der Waals surface area contributed by atoms with Crippen molar-refractivity contribution in [2.75, 3.05) is 25.9 Å². The second-order valence-electron chi connectivity index (χ2n) is 5.35. The van der Waals surface area contributed by atoms with Crippen LogP contribution in [0.2, 0.25) is 0 Å². The Balaban J connectivity index is 2.15. The van der Waals surface area contributed by atoms with E-state index in [2.05, 4.69) is 0 Å². The molecule has 2 rings (SSSR count). The van der Waals surface area contributed by atoms with E-state index in [1.54, 1.807) is 19.2 Å². The van der Waals surface area contributed by atoms with E-state index in [1.807, 2.05) is 6.92 Å². The van der Waals surface area contributed by atoms with Gasteiger partial charge in [0.25, 0.3) is 0 Å². The Kier molecular flexibility index (Phi) is 4.67. The molecule has 112 valence electrons. The Labute approximate surface area is 120 Å². The van der Waals surface area contributed by atoms with E-state index in [0.717, 1.165) is 31.4 Å². The summed E-state index contributed by atoms with van der Waals surface area (Å²) in [6.45, 7) is 2.94. The summed E-state index contributed by atoms with van der Waals surface area (Å²) in [7, 11) is -1.92. The molecule has 1 heterocycles. The number of nitrogen functional groups attached to an aromatic ring is 1. The minimum Gasteiger partial charge on any atom is -0.399 e. The summed E-state index contributed by atoms with van der Waals surface area (Å²) in [4.78, 5) is 0.244. The minimum absolute atomic E-state index is 0.00863. The molecule has 5 nitrogen and oxygen atoms in total. The number of sulfonamides is 1. The SMILES string of the molecule is Cc1cc(N)cc(S(=O)(=O)N(C)CC2CCCCO2)c1. The van der Waals surface area contributed by atoms with Gasteiger partial charge in [0.2, 0.25) is 10.0 Å². The average molecular weight is 298 g/mol. The Morgan fingerprint density at radius 2 is 2.10 bits per heavy atom. The fourth-order valence-corrected chi connectivity index (χ4v) is 3.78. The molecule has 20 heavy (non-hydrogen) atoms. The van der Waals surface area contributed by atoms with Gasteiger partial charge in [-0.1, -0.05) is 0 Å². The van der Waals surface area contributed by atoms with Crippen LogP contribution in [0.15, 0.2) is 23.1 Å². The normalized spacial score (nSPS) is 20.2. The molecule has 0 aromatic heterocycles. The van der Waals surface area contributed by atoms with Crippen LogP contribution >= 0.6 is 0 Å². The highest BCUT2D eigenvalue weighted by atomic mass is 32.2. The lowest BCUT2D eigenvalue weighted by atomic mass is 10.1. The predicted octanol–water partition coefficient (Wildman–Crippen LogP) is 1.77. The third-order valence-corrected chi connectivity index (χ3v) is 5.32. The number of benzene rings is 1. The highest BCUT2D eigenvalue weighted by Crippen LogP contribution is 2.21. The third-order valence-electron chi connectivity index (χ3n) is 3.52. The highest BCUT2D eigenvalue weighted by Gasteiger charge is 2.25. The molecule has 0 bridgehead atoms. The fraction of sp³-hybridized carbons (Fsp3) is 0.571. The van der Waals surface area contributed by atoms with Gasteiger partial charge in [-0.05, 0) is 49.9 Å². The minimum atomic E-state index is -3.51. The molecule has 1 aromatic rings. The molecule has 0 radical (unpaired) electrons. The van der Waals surface area contributed by atoms with Crippen LogP contribution in [0.3, 0.4) is 0 Å². The summed E-state index contributed by atoms with van der Waals surface area (Å²) in [5.74, 6) is 0. The van der Waals surface area contributed by atoms with Crippen LogP contribution in [-0.2, 0) is 14.8 Å². The molecule has 0 aliphatic carbocycles. The van der Waals surface area contributed by atoms with Gasteiger partial charge in [-0.3, -0.25) is 0 Å². The average Bonchev–Trinajstić information content (AvgIpc) is 2.38. The summed E-state index contributed by atoms with van der Waals surface area (Å²) in [6, 6.07) is 4.90. The van der Waals surface area contributed by atoms with Crippen molar-refractivity contribution in [3.63, 3.8) is 0 Å². The molecule has 1 saturated heterocycles. The van der Waals surface area contributed by atoms with Crippen molar-refractivity contribution in [3.8, 4) is 0 Å². The van der Waals surface area contributed by atoms with Gasteiger partial charge < -0.3 is 10.5 Å². The molecular weight excluding hydrogens is 276 g/mol. The van der Waals surface area contributed by atoms with Crippen molar-refractivity contribution >= 4 is 15.7 Å². The molecule has 1 aliphatic rings. The molecular formula is C14H22N2O3S. The van der Waals surface area contributed by atoms with Gasteiger partial charge in [0.05, 0.1) is 11.0 Å². The molecule has 1 atom stereocenters. The Morgan fingerprint density at radius 3 is 2.70 bits per heavy atom. The first kappa shape index (κ1) is 15.3. The lowest BCUT2D eigenvalue weighted by Crippen LogP contribution is -2.37. The zero-order valence-electron chi connectivity index (χ0n) is 12.0. The van der Waals surface area contributed by atoms with E-state index in [1.165, 1.54) is 10.4 Å². The molecule has 1 unspecified atom stereocenters. The van der Waals surface area contributed by atoms with Crippen LogP contribution < -0.4 is 5.73 Å². The summed E-state index contributed by atoms with van der Waals surface area (Å²) >= 11 is 0. The molecule has 0 spiro atoms. The van der Waals surface area contributed by atoms with Gasteiger partial charge in [-0.2, -0.15) is 4.31 Å². The van der Waals surface area contributed by atoms with Crippen molar-refractivity contribution in [2.45, 2.75) is 37.2 Å². The molecule has 2 N–H and O–H groups in total. The maximum Gasteiger partial charge on any atom is 0.242 e. The molecule has 6 heteroatoms. The molecule has 0 saturated carbocycles. The fourth-order valence-electron chi connectivity index (χ4n) is 2.44. The van der Waals surface area contributed by atoms with E-state index < -0.39 is 10.0 Å². The van der Waals surface area contributed by atoms with Crippen LogP contribution in [0, 0.1) is 6.92 Å². The molecule has 0 amide bonds. The summed E-state index contributed by atoms with van der Waals surface area (Å²) in [6.07, 6.45) is 3.05. The van der Waals surface area contributed by atoms with Crippen molar-refractivity contribution in [2.24, 2.45) is 0 Å². The highest BCUT2D eigenvalue weighted by molar-refractivity contribution is 7.89. The van der Waals surface area contributed by atoms with Crippen LogP contribution in [0.1, 0.15) is 24.8 Å². The van der Waals surface area contributed by atoms with Gasteiger partial charge >= 0.3 is 0 Å². The lowest BCUT2D eigenvalue weighted by Gasteiger charge is -2.27. The topological polar surface area (TPSA) is 72.6 Å². The second-order valence-corrected chi connectivity index (χ2v) is 7.40. The van der Waals surface area contributed by atoms with Crippen molar-refractivity contribution in [1.82, 2.24) is 4.31 Å². The van der Waals surface area contributed by atoms with Crippen LogP contribution in [0.4, 0.5) is 5.69 Å². The number of likely N-dealkylation sites (N-methyl/N-ethyl adjacent to an activating group) is 1. The van der Waals surface area contributed by atoms with Gasteiger partial charge in [0.15, 0.2) is 0 Å².